The van der Waals surface area contributed by atoms with Crippen LogP contribution >= 0.6 is 11.6 Å². The van der Waals surface area contributed by atoms with Crippen molar-refractivity contribution in [2.45, 2.75) is 32.4 Å². The van der Waals surface area contributed by atoms with E-state index in [4.69, 9.17) is 11.6 Å². The standard InChI is InChI=1S/C21H28ClN5O2/c1-3-27-12-10-18(24-27)21(29)26-14-13-25(2)19(15-26)20(28)23-11-6-8-16-7-4-5-9-17(16)22/h4-5,7,9-10,12,19H,3,6,8,11,13-15H2,1-2H3,(H,23,28). The predicted molar refractivity (Wildman–Crippen MR) is 113 cm³/mol. The first-order valence-corrected chi connectivity index (χ1v) is 10.4. The molecular weight excluding hydrogens is 390 g/mol. The molecule has 3 rings (SSSR count). The zero-order valence-corrected chi connectivity index (χ0v) is 17.7. The molecular formula is C21H28ClN5O2. The van der Waals surface area contributed by atoms with Gasteiger partial charge in [-0.3, -0.25) is 19.2 Å². The number of halogens is 1. The van der Waals surface area contributed by atoms with Gasteiger partial charge in [0.2, 0.25) is 5.91 Å². The Kier molecular flexibility index (Phi) is 7.28. The third kappa shape index (κ3) is 5.36. The molecule has 0 saturated carbocycles. The van der Waals surface area contributed by atoms with Gasteiger partial charge >= 0.3 is 0 Å². The van der Waals surface area contributed by atoms with E-state index in [2.05, 4.69) is 10.4 Å². The van der Waals surface area contributed by atoms with Gasteiger partial charge in [0.25, 0.3) is 5.91 Å². The second kappa shape index (κ2) is 9.89. The van der Waals surface area contributed by atoms with Crippen molar-refractivity contribution in [2.24, 2.45) is 0 Å². The fourth-order valence-corrected chi connectivity index (χ4v) is 3.69. The number of carbonyl (C=O) groups is 2. The average molecular weight is 418 g/mol. The summed E-state index contributed by atoms with van der Waals surface area (Å²) in [5, 5.41) is 8.05. The van der Waals surface area contributed by atoms with Gasteiger partial charge in [0.1, 0.15) is 11.7 Å². The van der Waals surface area contributed by atoms with Crippen LogP contribution in [0.25, 0.3) is 0 Å². The van der Waals surface area contributed by atoms with Crippen molar-refractivity contribution in [2.75, 3.05) is 33.2 Å². The fourth-order valence-electron chi connectivity index (χ4n) is 3.46. The summed E-state index contributed by atoms with van der Waals surface area (Å²) < 4.78 is 1.73. The van der Waals surface area contributed by atoms with E-state index in [9.17, 15) is 9.59 Å². The van der Waals surface area contributed by atoms with Gasteiger partial charge in [-0.05, 0) is 44.5 Å². The Morgan fingerprint density at radius 2 is 2.03 bits per heavy atom. The molecule has 1 atom stereocenters. The number of carbonyl (C=O) groups excluding carboxylic acids is 2. The molecule has 0 aliphatic carbocycles. The van der Waals surface area contributed by atoms with Crippen LogP contribution in [0, 0.1) is 0 Å². The molecule has 1 unspecified atom stereocenters. The van der Waals surface area contributed by atoms with Gasteiger partial charge in [-0.15, -0.1) is 0 Å². The molecule has 156 valence electrons. The van der Waals surface area contributed by atoms with Crippen LogP contribution in [-0.4, -0.2) is 70.7 Å². The molecule has 0 bridgehead atoms. The number of rotatable bonds is 7. The summed E-state index contributed by atoms with van der Waals surface area (Å²) in [7, 11) is 1.92. The van der Waals surface area contributed by atoms with Crippen molar-refractivity contribution in [3.63, 3.8) is 0 Å². The Morgan fingerprint density at radius 1 is 1.24 bits per heavy atom. The monoisotopic (exact) mass is 417 g/mol. The SMILES string of the molecule is CCn1ccc(C(=O)N2CCN(C)C(C(=O)NCCCc3ccccc3Cl)C2)n1. The molecule has 1 N–H and O–H groups in total. The Bertz CT molecular complexity index is 853. The molecule has 8 heteroatoms. The summed E-state index contributed by atoms with van der Waals surface area (Å²) >= 11 is 6.18. The largest absolute Gasteiger partial charge is 0.355 e. The number of nitrogens with zero attached hydrogens (tertiary/aromatic N) is 4. The minimum atomic E-state index is -0.360. The van der Waals surface area contributed by atoms with Crippen LogP contribution in [-0.2, 0) is 17.8 Å². The van der Waals surface area contributed by atoms with Crippen LogP contribution in [0.3, 0.4) is 0 Å². The van der Waals surface area contributed by atoms with E-state index in [1.54, 1.807) is 21.8 Å². The number of nitrogens with one attached hydrogen (secondary N) is 1. The molecule has 1 aromatic heterocycles. The van der Waals surface area contributed by atoms with Gasteiger partial charge in [-0.2, -0.15) is 5.10 Å². The van der Waals surface area contributed by atoms with E-state index in [0.29, 0.717) is 31.9 Å². The van der Waals surface area contributed by atoms with E-state index < -0.39 is 0 Å². The number of hydrogen-bond donors (Lipinski definition) is 1. The van der Waals surface area contributed by atoms with E-state index in [0.717, 1.165) is 30.0 Å². The van der Waals surface area contributed by atoms with Gasteiger partial charge in [0.15, 0.2) is 0 Å². The minimum absolute atomic E-state index is 0.0525. The quantitative estimate of drug-likeness (QED) is 0.700. The number of piperazine rings is 1. The van der Waals surface area contributed by atoms with Gasteiger partial charge in [-0.1, -0.05) is 29.8 Å². The van der Waals surface area contributed by atoms with Gasteiger partial charge in [0, 0.05) is 43.9 Å². The Labute approximate surface area is 176 Å². The van der Waals surface area contributed by atoms with Crippen LogP contribution in [0.5, 0.6) is 0 Å². The second-order valence-electron chi connectivity index (χ2n) is 7.29. The predicted octanol–water partition coefficient (Wildman–Crippen LogP) is 2.06. The third-order valence-corrected chi connectivity index (χ3v) is 5.67. The highest BCUT2D eigenvalue weighted by molar-refractivity contribution is 6.31. The number of amides is 2. The molecule has 1 aromatic carbocycles. The van der Waals surface area contributed by atoms with Crippen LogP contribution in [0.1, 0.15) is 29.4 Å². The van der Waals surface area contributed by atoms with Crippen LogP contribution in [0.2, 0.25) is 5.02 Å². The van der Waals surface area contributed by atoms with Crippen LogP contribution < -0.4 is 5.32 Å². The second-order valence-corrected chi connectivity index (χ2v) is 7.70. The van der Waals surface area contributed by atoms with Crippen molar-refractivity contribution >= 4 is 23.4 Å². The maximum absolute atomic E-state index is 12.7. The summed E-state index contributed by atoms with van der Waals surface area (Å²) in [6, 6.07) is 9.12. The molecule has 0 radical (unpaired) electrons. The van der Waals surface area contributed by atoms with Crippen LogP contribution in [0.4, 0.5) is 0 Å². The average Bonchev–Trinajstić information content (AvgIpc) is 3.21. The minimum Gasteiger partial charge on any atom is -0.355 e. The zero-order valence-electron chi connectivity index (χ0n) is 17.0. The van der Waals surface area contributed by atoms with Gasteiger partial charge in [0.05, 0.1) is 0 Å². The van der Waals surface area contributed by atoms with Gasteiger partial charge < -0.3 is 10.2 Å². The zero-order chi connectivity index (χ0) is 20.8. The smallest absolute Gasteiger partial charge is 0.274 e. The molecule has 2 amide bonds. The number of aryl methyl sites for hydroxylation is 2. The van der Waals surface area contributed by atoms with Crippen molar-refractivity contribution < 1.29 is 9.59 Å². The number of hydrogen-bond acceptors (Lipinski definition) is 4. The van der Waals surface area contributed by atoms with Crippen molar-refractivity contribution in [1.82, 2.24) is 24.9 Å². The molecule has 1 aliphatic heterocycles. The van der Waals surface area contributed by atoms with Crippen molar-refractivity contribution in [1.29, 1.82) is 0 Å². The van der Waals surface area contributed by atoms with Gasteiger partial charge in [-0.25, -0.2) is 0 Å². The van der Waals surface area contributed by atoms with Crippen molar-refractivity contribution in [3.05, 3.63) is 52.8 Å². The Morgan fingerprint density at radius 3 is 2.76 bits per heavy atom. The highest BCUT2D eigenvalue weighted by Gasteiger charge is 2.33. The summed E-state index contributed by atoms with van der Waals surface area (Å²) in [6.45, 7) is 4.87. The summed E-state index contributed by atoms with van der Waals surface area (Å²) in [5.74, 6) is -0.176. The number of likely N-dealkylation sites (N-methyl/N-ethyl adjacent to an activating group) is 1. The lowest BCUT2D eigenvalue weighted by molar-refractivity contribution is -0.127. The maximum atomic E-state index is 12.7. The fraction of sp³-hybridized carbons (Fsp3) is 0.476. The number of benzene rings is 1. The molecule has 29 heavy (non-hydrogen) atoms. The molecule has 7 nitrogen and oxygen atoms in total. The lowest BCUT2D eigenvalue weighted by Gasteiger charge is -2.38. The normalized spacial score (nSPS) is 17.3. The topological polar surface area (TPSA) is 70.5 Å². The first kappa shape index (κ1) is 21.3. The molecule has 0 spiro atoms. The highest BCUT2D eigenvalue weighted by atomic mass is 35.5. The van der Waals surface area contributed by atoms with E-state index >= 15 is 0 Å². The van der Waals surface area contributed by atoms with E-state index in [1.165, 1.54) is 0 Å². The Balaban J connectivity index is 1.51. The maximum Gasteiger partial charge on any atom is 0.274 e. The summed E-state index contributed by atoms with van der Waals surface area (Å²) in [4.78, 5) is 29.2. The first-order chi connectivity index (χ1) is 14.0. The van der Waals surface area contributed by atoms with E-state index in [-0.39, 0.29) is 17.9 Å². The summed E-state index contributed by atoms with van der Waals surface area (Å²) in [6.07, 6.45) is 3.42. The Hall–Kier alpha value is -2.38. The lowest BCUT2D eigenvalue weighted by Crippen LogP contribution is -2.58. The molecule has 1 aliphatic rings. The molecule has 2 heterocycles. The number of aromatic nitrogens is 2. The molecule has 1 fully saturated rings. The first-order valence-electron chi connectivity index (χ1n) is 10.0. The highest BCUT2D eigenvalue weighted by Crippen LogP contribution is 2.16. The van der Waals surface area contributed by atoms with Crippen molar-refractivity contribution in [3.8, 4) is 0 Å². The third-order valence-electron chi connectivity index (χ3n) is 5.30. The van der Waals surface area contributed by atoms with E-state index in [1.807, 2.05) is 43.1 Å². The van der Waals surface area contributed by atoms with Crippen LogP contribution in [0.15, 0.2) is 36.5 Å². The molecule has 2 aromatic rings. The lowest BCUT2D eigenvalue weighted by atomic mass is 10.1. The summed E-state index contributed by atoms with van der Waals surface area (Å²) in [5.41, 5.74) is 1.51. The molecule has 1 saturated heterocycles.